The van der Waals surface area contributed by atoms with Gasteiger partial charge in [-0.2, -0.15) is 0 Å². The second-order valence-corrected chi connectivity index (χ2v) is 13.8. The quantitative estimate of drug-likeness (QED) is 0.179. The zero-order chi connectivity index (χ0) is 36.6. The molecule has 2 heterocycles. The Morgan fingerprint density at radius 3 is 1.44 bits per heavy atom. The number of nitrogens with zero attached hydrogens (tertiary/aromatic N) is 2. The minimum absolute atomic E-state index is 0.337. The topological polar surface area (TPSA) is 49.9 Å². The number of hydrogen-bond acceptors (Lipinski definition) is 4. The summed E-state index contributed by atoms with van der Waals surface area (Å²) in [6.45, 7) is 0. The summed E-state index contributed by atoms with van der Waals surface area (Å²) in [7, 11) is 0. The number of rotatable bonds is 7. The van der Waals surface area contributed by atoms with E-state index >= 15 is 0 Å². The lowest BCUT2D eigenvalue weighted by Gasteiger charge is -2.24. The molecule has 0 fully saturated rings. The van der Waals surface area contributed by atoms with Crippen LogP contribution in [0.25, 0.3) is 66.4 Å². The second-order valence-electron chi connectivity index (χ2n) is 13.8. The molecule has 1 aliphatic heterocycles. The third-order valence-electron chi connectivity index (χ3n) is 10.4. The minimum Gasteiger partial charge on any atom is -0.456 e. The van der Waals surface area contributed by atoms with E-state index in [1.165, 1.54) is 27.8 Å². The molecule has 55 heavy (non-hydrogen) atoms. The van der Waals surface area contributed by atoms with Crippen molar-refractivity contribution in [3.05, 3.63) is 217 Å². The van der Waals surface area contributed by atoms with Gasteiger partial charge in [-0.3, -0.25) is 0 Å². The van der Waals surface area contributed by atoms with Gasteiger partial charge >= 0.3 is 0 Å². The van der Waals surface area contributed by atoms with Gasteiger partial charge in [0, 0.05) is 21.9 Å². The molecule has 1 atom stereocenters. The first kappa shape index (κ1) is 32.4. The van der Waals surface area contributed by atoms with Gasteiger partial charge in [0.25, 0.3) is 0 Å². The first-order valence-corrected chi connectivity index (χ1v) is 18.6. The molecule has 0 saturated carbocycles. The summed E-state index contributed by atoms with van der Waals surface area (Å²) >= 11 is 0. The molecule has 0 bridgehead atoms. The maximum Gasteiger partial charge on any atom is 0.160 e. The van der Waals surface area contributed by atoms with Crippen molar-refractivity contribution in [2.75, 3.05) is 0 Å². The number of hydrogen-bond donors (Lipinski definition) is 1. The van der Waals surface area contributed by atoms with Crippen molar-refractivity contribution in [1.82, 2.24) is 5.32 Å². The molecule has 4 heteroatoms. The predicted octanol–water partition coefficient (Wildman–Crippen LogP) is 12.7. The molecule has 1 unspecified atom stereocenters. The molecule has 0 spiro atoms. The van der Waals surface area contributed by atoms with E-state index < -0.39 is 0 Å². The summed E-state index contributed by atoms with van der Waals surface area (Å²) in [5.41, 5.74) is 14.0. The lowest BCUT2D eigenvalue weighted by atomic mass is 9.98. The van der Waals surface area contributed by atoms with Gasteiger partial charge < -0.3 is 9.73 Å². The van der Waals surface area contributed by atoms with Crippen LogP contribution < -0.4 is 5.32 Å². The van der Waals surface area contributed by atoms with Crippen molar-refractivity contribution >= 4 is 33.6 Å². The SMILES string of the molecule is c1ccc(C2=NC(c3cccc4oc5cc(-c6ccc(-c7ccccc7)cc6)ccc5c34)=NC(c3ccc(-c4ccc(-c5ccccc5)cc4)cc3)N2)cc1. The van der Waals surface area contributed by atoms with Gasteiger partial charge in [-0.1, -0.05) is 182 Å². The van der Waals surface area contributed by atoms with Crippen LogP contribution >= 0.6 is 0 Å². The van der Waals surface area contributed by atoms with Crippen LogP contribution in [-0.4, -0.2) is 11.7 Å². The highest BCUT2D eigenvalue weighted by molar-refractivity contribution is 6.22. The Morgan fingerprint density at radius 1 is 0.400 bits per heavy atom. The largest absolute Gasteiger partial charge is 0.456 e. The van der Waals surface area contributed by atoms with Gasteiger partial charge in [-0.05, 0) is 68.3 Å². The van der Waals surface area contributed by atoms with Gasteiger partial charge in [-0.15, -0.1) is 0 Å². The molecule has 0 aliphatic carbocycles. The summed E-state index contributed by atoms with van der Waals surface area (Å²) in [6, 6.07) is 69.9. The second kappa shape index (κ2) is 13.9. The first-order valence-electron chi connectivity index (χ1n) is 18.6. The Balaban J connectivity index is 0.997. The van der Waals surface area contributed by atoms with Crippen LogP contribution in [0.15, 0.2) is 215 Å². The molecule has 10 rings (SSSR count). The molecule has 1 N–H and O–H groups in total. The fourth-order valence-corrected chi connectivity index (χ4v) is 7.50. The molecule has 0 radical (unpaired) electrons. The first-order chi connectivity index (χ1) is 27.2. The van der Waals surface area contributed by atoms with E-state index in [1.54, 1.807) is 0 Å². The normalized spacial score (nSPS) is 14.0. The highest BCUT2D eigenvalue weighted by atomic mass is 16.3. The highest BCUT2D eigenvalue weighted by Gasteiger charge is 2.24. The minimum atomic E-state index is -0.337. The third-order valence-corrected chi connectivity index (χ3v) is 10.4. The molecule has 1 aliphatic rings. The van der Waals surface area contributed by atoms with E-state index in [4.69, 9.17) is 14.4 Å². The van der Waals surface area contributed by atoms with Crippen LogP contribution in [0.1, 0.15) is 22.9 Å². The van der Waals surface area contributed by atoms with Gasteiger partial charge in [0.2, 0.25) is 0 Å². The highest BCUT2D eigenvalue weighted by Crippen LogP contribution is 2.36. The van der Waals surface area contributed by atoms with E-state index in [1.807, 2.05) is 42.5 Å². The van der Waals surface area contributed by atoms with Crippen molar-refractivity contribution in [1.29, 1.82) is 0 Å². The van der Waals surface area contributed by atoms with Crippen molar-refractivity contribution in [2.24, 2.45) is 9.98 Å². The number of fused-ring (bicyclic) bond motifs is 3. The number of amidine groups is 2. The Labute approximate surface area is 319 Å². The van der Waals surface area contributed by atoms with Crippen LogP contribution in [0.5, 0.6) is 0 Å². The lowest BCUT2D eigenvalue weighted by Crippen LogP contribution is -2.33. The summed E-state index contributed by atoms with van der Waals surface area (Å²) < 4.78 is 6.53. The smallest absolute Gasteiger partial charge is 0.160 e. The van der Waals surface area contributed by atoms with E-state index in [0.29, 0.717) is 5.84 Å². The molecule has 9 aromatic rings. The Bertz CT molecular complexity index is 2840. The van der Waals surface area contributed by atoms with E-state index in [-0.39, 0.29) is 6.17 Å². The fraction of sp³-hybridized carbons (Fsp3) is 0.0196. The third kappa shape index (κ3) is 6.30. The van der Waals surface area contributed by atoms with Crippen molar-refractivity contribution in [3.63, 3.8) is 0 Å². The Hall–Kier alpha value is -7.30. The maximum atomic E-state index is 6.53. The monoisotopic (exact) mass is 705 g/mol. The van der Waals surface area contributed by atoms with Crippen LogP contribution in [-0.2, 0) is 0 Å². The molecular weight excluding hydrogens is 671 g/mol. The molecule has 0 saturated heterocycles. The van der Waals surface area contributed by atoms with Gasteiger partial charge in [0.05, 0.1) is 0 Å². The number of nitrogens with one attached hydrogen (secondary N) is 1. The molecule has 4 nitrogen and oxygen atoms in total. The molecule has 8 aromatic carbocycles. The lowest BCUT2D eigenvalue weighted by molar-refractivity contribution is 0.668. The van der Waals surface area contributed by atoms with Crippen molar-refractivity contribution in [3.8, 4) is 44.5 Å². The summed E-state index contributed by atoms with van der Waals surface area (Å²) in [4.78, 5) is 10.4. The van der Waals surface area contributed by atoms with Crippen LogP contribution in [0.2, 0.25) is 0 Å². The van der Waals surface area contributed by atoms with Gasteiger partial charge in [-0.25, -0.2) is 9.98 Å². The van der Waals surface area contributed by atoms with Crippen LogP contribution in [0, 0.1) is 0 Å². The molecular formula is C51H35N3O. The molecule has 260 valence electrons. The zero-order valence-corrected chi connectivity index (χ0v) is 29.9. The van der Waals surface area contributed by atoms with E-state index in [2.05, 4.69) is 163 Å². The zero-order valence-electron chi connectivity index (χ0n) is 29.9. The molecule has 1 aromatic heterocycles. The number of benzene rings is 8. The summed E-state index contributed by atoms with van der Waals surface area (Å²) in [5.74, 6) is 1.44. The van der Waals surface area contributed by atoms with Crippen LogP contribution in [0.3, 0.4) is 0 Å². The standard InChI is InChI=1S/C51H35N3O/c1-4-11-34(12-5-1)36-19-21-38(22-20-36)39-27-29-42(30-28-39)50-52-49(41-15-8-3-9-16-41)53-51(54-50)45-17-10-18-46-48(45)44-32-31-43(33-47(44)55-46)40-25-23-37(24-26-40)35-13-6-2-7-14-35/h1-33,50H,(H,52,53,54). The average molecular weight is 706 g/mol. The maximum absolute atomic E-state index is 6.53. The van der Waals surface area contributed by atoms with Gasteiger partial charge in [0.1, 0.15) is 23.2 Å². The predicted molar refractivity (Wildman–Crippen MR) is 227 cm³/mol. The number of aliphatic imine (C=N–C) groups is 2. The van der Waals surface area contributed by atoms with Crippen molar-refractivity contribution < 1.29 is 4.42 Å². The Morgan fingerprint density at radius 2 is 0.873 bits per heavy atom. The average Bonchev–Trinajstić information content (AvgIpc) is 3.66. The Kier molecular flexibility index (Phi) is 8.19. The molecule has 0 amide bonds. The fourth-order valence-electron chi connectivity index (χ4n) is 7.50. The van der Waals surface area contributed by atoms with Crippen LogP contribution in [0.4, 0.5) is 0 Å². The van der Waals surface area contributed by atoms with E-state index in [0.717, 1.165) is 61.2 Å². The van der Waals surface area contributed by atoms with Gasteiger partial charge in [0.15, 0.2) is 5.84 Å². The van der Waals surface area contributed by atoms with E-state index in [9.17, 15) is 0 Å². The van der Waals surface area contributed by atoms with Crippen molar-refractivity contribution in [2.45, 2.75) is 6.17 Å². The number of furan rings is 1. The summed E-state index contributed by atoms with van der Waals surface area (Å²) in [5, 5.41) is 5.67. The summed E-state index contributed by atoms with van der Waals surface area (Å²) in [6.07, 6.45) is -0.337.